The Bertz CT molecular complexity index is 416. The smallest absolute Gasteiger partial charge is 0.149 e. The molecule has 1 aliphatic carbocycles. The quantitative estimate of drug-likeness (QED) is 0.381. The SMILES string of the molecule is NNC(COc1cccc(Cl)c1)=NC1CCCC1. The fourth-order valence-corrected chi connectivity index (χ4v) is 2.26. The Kier molecular flexibility index (Phi) is 4.84. The number of hydrogen-bond donors (Lipinski definition) is 2. The Labute approximate surface area is 112 Å². The second-order valence-corrected chi connectivity index (χ2v) is 4.84. The Morgan fingerprint density at radius 3 is 2.89 bits per heavy atom. The molecule has 0 aromatic heterocycles. The van der Waals surface area contributed by atoms with Gasteiger partial charge < -0.3 is 10.2 Å². The molecular weight excluding hydrogens is 250 g/mol. The molecule has 1 aromatic rings. The van der Waals surface area contributed by atoms with E-state index in [-0.39, 0.29) is 0 Å². The van der Waals surface area contributed by atoms with Gasteiger partial charge in [0.2, 0.25) is 0 Å². The van der Waals surface area contributed by atoms with Crippen LogP contribution in [0, 0.1) is 0 Å². The van der Waals surface area contributed by atoms with Gasteiger partial charge in [-0.2, -0.15) is 0 Å². The van der Waals surface area contributed by atoms with Gasteiger partial charge in [0.25, 0.3) is 0 Å². The lowest BCUT2D eigenvalue weighted by atomic mass is 10.3. The predicted molar refractivity (Wildman–Crippen MR) is 74.0 cm³/mol. The number of aliphatic imine (C=N–C) groups is 1. The van der Waals surface area contributed by atoms with Gasteiger partial charge in [0.1, 0.15) is 18.2 Å². The molecule has 0 atom stereocenters. The number of benzene rings is 1. The number of nitrogens with zero attached hydrogens (tertiary/aromatic N) is 1. The highest BCUT2D eigenvalue weighted by Crippen LogP contribution is 2.21. The van der Waals surface area contributed by atoms with E-state index in [0.717, 1.165) is 18.6 Å². The minimum absolute atomic E-state index is 0.341. The highest BCUT2D eigenvalue weighted by Gasteiger charge is 2.14. The van der Waals surface area contributed by atoms with E-state index in [9.17, 15) is 0 Å². The Morgan fingerprint density at radius 1 is 1.44 bits per heavy atom. The van der Waals surface area contributed by atoms with Crippen LogP contribution >= 0.6 is 11.6 Å². The van der Waals surface area contributed by atoms with E-state index in [4.69, 9.17) is 22.2 Å². The van der Waals surface area contributed by atoms with Crippen LogP contribution in [0.3, 0.4) is 0 Å². The van der Waals surface area contributed by atoms with Gasteiger partial charge >= 0.3 is 0 Å². The summed E-state index contributed by atoms with van der Waals surface area (Å²) in [7, 11) is 0. The lowest BCUT2D eigenvalue weighted by Gasteiger charge is -2.11. The summed E-state index contributed by atoms with van der Waals surface area (Å²) >= 11 is 5.88. The molecule has 1 saturated carbocycles. The number of amidine groups is 1. The molecule has 0 amide bonds. The van der Waals surface area contributed by atoms with Crippen LogP contribution in [0.2, 0.25) is 5.02 Å². The summed E-state index contributed by atoms with van der Waals surface area (Å²) < 4.78 is 5.59. The summed E-state index contributed by atoms with van der Waals surface area (Å²) in [5.41, 5.74) is 2.61. The van der Waals surface area contributed by atoms with E-state index >= 15 is 0 Å². The van der Waals surface area contributed by atoms with Crippen molar-refractivity contribution in [3.05, 3.63) is 29.3 Å². The van der Waals surface area contributed by atoms with Crippen molar-refractivity contribution in [1.29, 1.82) is 0 Å². The first kappa shape index (κ1) is 13.2. The maximum Gasteiger partial charge on any atom is 0.149 e. The molecule has 2 rings (SSSR count). The van der Waals surface area contributed by atoms with Crippen LogP contribution in [0.1, 0.15) is 25.7 Å². The van der Waals surface area contributed by atoms with Gasteiger partial charge in [-0.05, 0) is 31.0 Å². The number of rotatable bonds is 4. The largest absolute Gasteiger partial charge is 0.486 e. The normalized spacial score (nSPS) is 16.9. The molecule has 0 radical (unpaired) electrons. The third-order valence-electron chi connectivity index (χ3n) is 3.00. The topological polar surface area (TPSA) is 59.6 Å². The van der Waals surface area contributed by atoms with E-state index in [2.05, 4.69) is 10.4 Å². The number of ether oxygens (including phenoxy) is 1. The molecule has 1 aromatic carbocycles. The molecule has 0 aliphatic heterocycles. The van der Waals surface area contributed by atoms with Gasteiger partial charge in [-0.15, -0.1) is 0 Å². The van der Waals surface area contributed by atoms with Crippen molar-refractivity contribution in [3.63, 3.8) is 0 Å². The average Bonchev–Trinajstić information content (AvgIpc) is 2.87. The molecule has 0 bridgehead atoms. The highest BCUT2D eigenvalue weighted by atomic mass is 35.5. The van der Waals surface area contributed by atoms with Crippen LogP contribution in [0.15, 0.2) is 29.3 Å². The molecule has 4 nitrogen and oxygen atoms in total. The first-order valence-electron chi connectivity index (χ1n) is 6.19. The highest BCUT2D eigenvalue weighted by molar-refractivity contribution is 6.30. The first-order chi connectivity index (χ1) is 8.78. The van der Waals surface area contributed by atoms with E-state index < -0.39 is 0 Å². The van der Waals surface area contributed by atoms with Crippen molar-refractivity contribution in [1.82, 2.24) is 5.43 Å². The molecule has 0 spiro atoms. The molecule has 0 unspecified atom stereocenters. The summed E-state index contributed by atoms with van der Waals surface area (Å²) in [5.74, 6) is 6.86. The fraction of sp³-hybridized carbons (Fsp3) is 0.462. The van der Waals surface area contributed by atoms with Crippen LogP contribution in [0.4, 0.5) is 0 Å². The molecule has 98 valence electrons. The van der Waals surface area contributed by atoms with E-state index in [1.54, 1.807) is 6.07 Å². The van der Waals surface area contributed by atoms with Crippen LogP contribution < -0.4 is 16.0 Å². The van der Waals surface area contributed by atoms with E-state index in [1.165, 1.54) is 12.8 Å². The number of hydrazine groups is 1. The second kappa shape index (κ2) is 6.61. The third kappa shape index (κ3) is 3.89. The zero-order chi connectivity index (χ0) is 12.8. The monoisotopic (exact) mass is 267 g/mol. The van der Waals surface area contributed by atoms with Gasteiger partial charge in [-0.25, -0.2) is 5.84 Å². The number of nitrogens with one attached hydrogen (secondary N) is 1. The molecule has 0 heterocycles. The summed E-state index contributed by atoms with van der Waals surface area (Å²) in [4.78, 5) is 4.55. The lowest BCUT2D eigenvalue weighted by Crippen LogP contribution is -2.35. The van der Waals surface area contributed by atoms with Crippen molar-refractivity contribution in [3.8, 4) is 5.75 Å². The van der Waals surface area contributed by atoms with Crippen LogP contribution in [0.5, 0.6) is 5.75 Å². The molecule has 0 saturated heterocycles. The zero-order valence-corrected chi connectivity index (χ0v) is 11.0. The summed E-state index contributed by atoms with van der Waals surface area (Å²) in [6, 6.07) is 7.67. The predicted octanol–water partition coefficient (Wildman–Crippen LogP) is 2.52. The summed E-state index contributed by atoms with van der Waals surface area (Å²) in [5, 5.41) is 0.655. The van der Waals surface area contributed by atoms with Crippen molar-refractivity contribution in [2.45, 2.75) is 31.7 Å². The molecule has 3 N–H and O–H groups in total. The zero-order valence-electron chi connectivity index (χ0n) is 10.2. The molecular formula is C13H18ClN3O. The van der Waals surface area contributed by atoms with Crippen LogP contribution in [0.25, 0.3) is 0 Å². The molecule has 1 fully saturated rings. The van der Waals surface area contributed by atoms with Gasteiger partial charge in [0.15, 0.2) is 0 Å². The minimum atomic E-state index is 0.341. The van der Waals surface area contributed by atoms with Crippen LogP contribution in [-0.2, 0) is 0 Å². The lowest BCUT2D eigenvalue weighted by molar-refractivity contribution is 0.371. The number of nitrogens with two attached hydrogens (primary N) is 1. The summed E-state index contributed by atoms with van der Waals surface area (Å²) in [6.07, 6.45) is 4.78. The van der Waals surface area contributed by atoms with Crippen molar-refractivity contribution < 1.29 is 4.74 Å². The van der Waals surface area contributed by atoms with Crippen molar-refractivity contribution >= 4 is 17.4 Å². The maximum absolute atomic E-state index is 5.88. The van der Waals surface area contributed by atoms with E-state index in [0.29, 0.717) is 23.5 Å². The number of hydrogen-bond acceptors (Lipinski definition) is 3. The summed E-state index contributed by atoms with van der Waals surface area (Å²) in [6.45, 7) is 0.341. The Morgan fingerprint density at radius 2 is 2.22 bits per heavy atom. The molecule has 18 heavy (non-hydrogen) atoms. The van der Waals surface area contributed by atoms with E-state index in [1.807, 2.05) is 18.2 Å². The van der Waals surface area contributed by atoms with Crippen molar-refractivity contribution in [2.24, 2.45) is 10.8 Å². The maximum atomic E-state index is 5.88. The van der Waals surface area contributed by atoms with Gasteiger partial charge in [-0.1, -0.05) is 30.5 Å². The minimum Gasteiger partial charge on any atom is -0.486 e. The average molecular weight is 268 g/mol. The third-order valence-corrected chi connectivity index (χ3v) is 3.24. The Hall–Kier alpha value is -1.26. The fourth-order valence-electron chi connectivity index (χ4n) is 2.08. The first-order valence-corrected chi connectivity index (χ1v) is 6.57. The molecule has 1 aliphatic rings. The van der Waals surface area contributed by atoms with Gasteiger partial charge in [0, 0.05) is 5.02 Å². The molecule has 5 heteroatoms. The van der Waals surface area contributed by atoms with Crippen molar-refractivity contribution in [2.75, 3.05) is 6.61 Å². The standard InChI is InChI=1S/C13H18ClN3O/c14-10-4-3-7-12(8-10)18-9-13(17-15)16-11-5-1-2-6-11/h3-4,7-8,11H,1-2,5-6,9,15H2,(H,16,17). The second-order valence-electron chi connectivity index (χ2n) is 4.40. The van der Waals surface area contributed by atoms with Gasteiger partial charge in [0.05, 0.1) is 6.04 Å². The van der Waals surface area contributed by atoms with Gasteiger partial charge in [-0.3, -0.25) is 4.99 Å². The Balaban J connectivity index is 1.90. The van der Waals surface area contributed by atoms with Crippen LogP contribution in [-0.4, -0.2) is 18.5 Å². The number of halogens is 1.